The average Bonchev–Trinajstić information content (AvgIpc) is 3.16. The second-order valence-corrected chi connectivity index (χ2v) is 7.29. The van der Waals surface area contributed by atoms with Crippen LogP contribution in [0.4, 0.5) is 0 Å². The first-order valence-electron chi connectivity index (χ1n) is 9.80. The number of pyridine rings is 1. The molecule has 2 heterocycles. The molecule has 0 aliphatic heterocycles. The molecule has 3 rings (SSSR count). The molecule has 0 bridgehead atoms. The highest BCUT2D eigenvalue weighted by molar-refractivity contribution is 6.04. The van der Waals surface area contributed by atoms with Gasteiger partial charge in [0, 0.05) is 17.6 Å². The zero-order chi connectivity index (χ0) is 21.0. The van der Waals surface area contributed by atoms with E-state index in [1.54, 1.807) is 16.9 Å². The van der Waals surface area contributed by atoms with Crippen molar-refractivity contribution in [1.29, 1.82) is 0 Å². The Labute approximate surface area is 170 Å². The molecule has 7 heteroatoms. The number of nitrogens with one attached hydrogen (secondary N) is 1. The van der Waals surface area contributed by atoms with Crippen LogP contribution in [0.2, 0.25) is 0 Å². The Balaban J connectivity index is 1.95. The molecular formula is C22H26N4O3. The van der Waals surface area contributed by atoms with Crippen LogP contribution in [0.15, 0.2) is 42.6 Å². The van der Waals surface area contributed by atoms with Gasteiger partial charge in [-0.15, -0.1) is 0 Å². The van der Waals surface area contributed by atoms with Crippen LogP contribution in [0.25, 0.3) is 22.3 Å². The molecule has 0 unspecified atom stereocenters. The first-order valence-corrected chi connectivity index (χ1v) is 9.80. The molecule has 1 aromatic carbocycles. The Hall–Kier alpha value is -3.22. The van der Waals surface area contributed by atoms with Gasteiger partial charge in [0.1, 0.15) is 0 Å². The number of carbonyl (C=O) groups excluding carboxylic acids is 2. The van der Waals surface area contributed by atoms with E-state index in [1.807, 2.05) is 58.0 Å². The molecule has 0 spiro atoms. The topological polar surface area (TPSA) is 86.1 Å². The van der Waals surface area contributed by atoms with Crippen LogP contribution in [0, 0.1) is 0 Å². The van der Waals surface area contributed by atoms with Crippen molar-refractivity contribution in [3.05, 3.63) is 48.2 Å². The summed E-state index contributed by atoms with van der Waals surface area (Å²) in [6.45, 7) is 7.55. The van der Waals surface area contributed by atoms with Crippen LogP contribution in [-0.4, -0.2) is 39.3 Å². The third kappa shape index (κ3) is 4.62. The third-order valence-corrected chi connectivity index (χ3v) is 4.70. The maximum Gasteiger partial charge on any atom is 0.339 e. The van der Waals surface area contributed by atoms with Gasteiger partial charge in [0.15, 0.2) is 12.3 Å². The van der Waals surface area contributed by atoms with Gasteiger partial charge in [-0.3, -0.25) is 4.79 Å². The summed E-state index contributed by atoms with van der Waals surface area (Å²) >= 11 is 0. The minimum Gasteiger partial charge on any atom is -0.452 e. The van der Waals surface area contributed by atoms with E-state index < -0.39 is 5.97 Å². The van der Waals surface area contributed by atoms with Crippen LogP contribution >= 0.6 is 0 Å². The fraction of sp³-hybridized carbons (Fsp3) is 0.364. The summed E-state index contributed by atoms with van der Waals surface area (Å²) in [4.78, 5) is 29.5. The predicted molar refractivity (Wildman–Crippen MR) is 112 cm³/mol. The summed E-state index contributed by atoms with van der Waals surface area (Å²) in [5.74, 6) is -0.892. The summed E-state index contributed by atoms with van der Waals surface area (Å²) in [5.41, 5.74) is 2.49. The van der Waals surface area contributed by atoms with Gasteiger partial charge in [-0.05, 0) is 33.3 Å². The lowest BCUT2D eigenvalue weighted by Crippen LogP contribution is -2.35. The van der Waals surface area contributed by atoms with Crippen molar-refractivity contribution in [3.63, 3.8) is 0 Å². The van der Waals surface area contributed by atoms with E-state index in [1.165, 1.54) is 0 Å². The highest BCUT2D eigenvalue weighted by Crippen LogP contribution is 2.26. The van der Waals surface area contributed by atoms with Gasteiger partial charge < -0.3 is 10.1 Å². The number of nitrogens with zero attached hydrogens (tertiary/aromatic N) is 3. The molecule has 7 nitrogen and oxygen atoms in total. The zero-order valence-electron chi connectivity index (χ0n) is 17.2. The Morgan fingerprint density at radius 2 is 1.90 bits per heavy atom. The molecule has 0 saturated heterocycles. The highest BCUT2D eigenvalue weighted by Gasteiger charge is 2.20. The number of fused-ring (bicyclic) bond motifs is 1. The minimum absolute atomic E-state index is 0.0304. The molecule has 2 aromatic heterocycles. The summed E-state index contributed by atoms with van der Waals surface area (Å²) in [7, 11) is 0. The minimum atomic E-state index is -0.572. The molecule has 0 saturated carbocycles. The molecule has 0 aliphatic carbocycles. The van der Waals surface area contributed by atoms with Gasteiger partial charge in [0.05, 0.1) is 22.8 Å². The number of carbonyl (C=O) groups is 2. The molecule has 1 amide bonds. The number of aromatic nitrogens is 3. The van der Waals surface area contributed by atoms with Crippen molar-refractivity contribution in [2.75, 3.05) is 6.61 Å². The molecule has 0 radical (unpaired) electrons. The third-order valence-electron chi connectivity index (χ3n) is 4.70. The predicted octanol–water partition coefficient (Wildman–Crippen LogP) is 3.75. The van der Waals surface area contributed by atoms with Crippen molar-refractivity contribution in [1.82, 2.24) is 20.1 Å². The van der Waals surface area contributed by atoms with E-state index in [0.717, 1.165) is 12.0 Å². The number of hydrogen-bond donors (Lipinski definition) is 1. The lowest BCUT2D eigenvalue weighted by Gasteiger charge is -2.12. The molecular weight excluding hydrogens is 368 g/mol. The fourth-order valence-electron chi connectivity index (χ4n) is 2.95. The summed E-state index contributed by atoms with van der Waals surface area (Å²) in [5, 5.41) is 7.77. The van der Waals surface area contributed by atoms with Crippen LogP contribution in [0.5, 0.6) is 0 Å². The second kappa shape index (κ2) is 8.86. The second-order valence-electron chi connectivity index (χ2n) is 7.29. The zero-order valence-corrected chi connectivity index (χ0v) is 17.2. The Kier molecular flexibility index (Phi) is 6.26. The molecule has 1 N–H and O–H groups in total. The van der Waals surface area contributed by atoms with E-state index >= 15 is 0 Å². The first-order chi connectivity index (χ1) is 13.9. The van der Waals surface area contributed by atoms with Gasteiger partial charge >= 0.3 is 5.97 Å². The first kappa shape index (κ1) is 20.5. The molecule has 3 aromatic rings. The van der Waals surface area contributed by atoms with Gasteiger partial charge in [0.25, 0.3) is 5.91 Å². The van der Waals surface area contributed by atoms with E-state index in [0.29, 0.717) is 22.3 Å². The molecule has 152 valence electrons. The number of hydrogen-bond acceptors (Lipinski definition) is 5. The summed E-state index contributed by atoms with van der Waals surface area (Å²) in [6, 6.07) is 11.4. The van der Waals surface area contributed by atoms with Crippen molar-refractivity contribution >= 4 is 22.9 Å². The van der Waals surface area contributed by atoms with Crippen LogP contribution in [-0.2, 0) is 9.53 Å². The van der Waals surface area contributed by atoms with Crippen molar-refractivity contribution in [3.8, 4) is 11.3 Å². The SMILES string of the molecule is CC[C@@H](C)NC(=O)COC(=O)c1cc(-c2ccccc2)nc2c1cnn2C(C)C. The lowest BCUT2D eigenvalue weighted by atomic mass is 10.1. The Morgan fingerprint density at radius 1 is 1.17 bits per heavy atom. The largest absolute Gasteiger partial charge is 0.452 e. The highest BCUT2D eigenvalue weighted by atomic mass is 16.5. The smallest absolute Gasteiger partial charge is 0.339 e. The fourth-order valence-corrected chi connectivity index (χ4v) is 2.95. The normalized spacial score (nSPS) is 12.2. The lowest BCUT2D eigenvalue weighted by molar-refractivity contribution is -0.124. The average molecular weight is 394 g/mol. The number of esters is 1. The van der Waals surface area contributed by atoms with Gasteiger partial charge in [0.2, 0.25) is 0 Å². The van der Waals surface area contributed by atoms with E-state index in [9.17, 15) is 9.59 Å². The van der Waals surface area contributed by atoms with Crippen LogP contribution in [0.3, 0.4) is 0 Å². The van der Waals surface area contributed by atoms with Crippen LogP contribution in [0.1, 0.15) is 50.5 Å². The van der Waals surface area contributed by atoms with Gasteiger partial charge in [-0.1, -0.05) is 37.3 Å². The molecule has 29 heavy (non-hydrogen) atoms. The molecule has 1 atom stereocenters. The quantitative estimate of drug-likeness (QED) is 0.617. The van der Waals surface area contributed by atoms with Crippen molar-refractivity contribution in [2.24, 2.45) is 0 Å². The summed E-state index contributed by atoms with van der Waals surface area (Å²) < 4.78 is 7.06. The maximum atomic E-state index is 12.8. The summed E-state index contributed by atoms with van der Waals surface area (Å²) in [6.07, 6.45) is 2.42. The molecule has 0 aliphatic rings. The van der Waals surface area contributed by atoms with Crippen molar-refractivity contribution in [2.45, 2.75) is 46.2 Å². The van der Waals surface area contributed by atoms with Crippen LogP contribution < -0.4 is 5.32 Å². The number of ether oxygens (including phenoxy) is 1. The molecule has 0 fully saturated rings. The van der Waals surface area contributed by atoms with E-state index in [4.69, 9.17) is 9.72 Å². The van der Waals surface area contributed by atoms with E-state index in [2.05, 4.69) is 10.4 Å². The number of benzene rings is 1. The maximum absolute atomic E-state index is 12.8. The van der Waals surface area contributed by atoms with Gasteiger partial charge in [-0.2, -0.15) is 5.10 Å². The van der Waals surface area contributed by atoms with Crippen molar-refractivity contribution < 1.29 is 14.3 Å². The number of rotatable bonds is 7. The van der Waals surface area contributed by atoms with E-state index in [-0.39, 0.29) is 24.6 Å². The monoisotopic (exact) mass is 394 g/mol. The Bertz CT molecular complexity index is 1010. The Morgan fingerprint density at radius 3 is 2.55 bits per heavy atom. The standard InChI is InChI=1S/C22H26N4O3/c1-5-15(4)24-20(27)13-29-22(28)17-11-19(16-9-7-6-8-10-16)25-21-18(17)12-23-26(21)14(2)3/h6-12,14-15H,5,13H2,1-4H3,(H,24,27)/t15-/m1/s1. The number of amides is 1. The van der Waals surface area contributed by atoms with Gasteiger partial charge in [-0.25, -0.2) is 14.5 Å².